The SMILES string of the molecule is CC(=CCCCCCCCCCCCCCCN=NCC(C)C(=O)O)C(=O)O. The topological polar surface area (TPSA) is 99.3 Å². The smallest absolute Gasteiger partial charge is 0.330 e. The molecule has 0 saturated carbocycles. The van der Waals surface area contributed by atoms with Gasteiger partial charge in [-0.2, -0.15) is 10.2 Å². The van der Waals surface area contributed by atoms with Gasteiger partial charge in [0.25, 0.3) is 0 Å². The van der Waals surface area contributed by atoms with Crippen molar-refractivity contribution in [2.45, 2.75) is 97.3 Å². The molecule has 1 atom stereocenters. The van der Waals surface area contributed by atoms with E-state index in [4.69, 9.17) is 10.2 Å². The Hall–Kier alpha value is -1.72. The summed E-state index contributed by atoms with van der Waals surface area (Å²) in [5.41, 5.74) is 0.453. The Balaban J connectivity index is 3.24. The van der Waals surface area contributed by atoms with Crippen molar-refractivity contribution in [3.8, 4) is 0 Å². The summed E-state index contributed by atoms with van der Waals surface area (Å²) in [6.07, 6.45) is 17.5. The van der Waals surface area contributed by atoms with Gasteiger partial charge in [-0.25, -0.2) is 4.79 Å². The second kappa shape index (κ2) is 18.6. The van der Waals surface area contributed by atoms with E-state index in [-0.39, 0.29) is 6.54 Å². The summed E-state index contributed by atoms with van der Waals surface area (Å²) in [7, 11) is 0. The lowest BCUT2D eigenvalue weighted by atomic mass is 10.0. The van der Waals surface area contributed by atoms with E-state index >= 15 is 0 Å². The highest BCUT2D eigenvalue weighted by Gasteiger charge is 2.08. The second-order valence-corrected chi connectivity index (χ2v) is 7.65. The zero-order valence-corrected chi connectivity index (χ0v) is 17.9. The van der Waals surface area contributed by atoms with E-state index in [2.05, 4.69) is 10.2 Å². The monoisotopic (exact) mass is 396 g/mol. The zero-order chi connectivity index (χ0) is 21.0. The van der Waals surface area contributed by atoms with Crippen molar-refractivity contribution in [3.05, 3.63) is 11.6 Å². The van der Waals surface area contributed by atoms with Gasteiger partial charge in [-0.1, -0.05) is 77.2 Å². The van der Waals surface area contributed by atoms with E-state index in [1.807, 2.05) is 6.08 Å². The first-order chi connectivity index (χ1) is 13.4. The number of hydrogen-bond acceptors (Lipinski definition) is 4. The van der Waals surface area contributed by atoms with Gasteiger partial charge in [-0.3, -0.25) is 4.79 Å². The van der Waals surface area contributed by atoms with Gasteiger partial charge in [-0.15, -0.1) is 0 Å². The van der Waals surface area contributed by atoms with Crippen molar-refractivity contribution in [2.24, 2.45) is 16.1 Å². The first kappa shape index (κ1) is 26.3. The number of unbranched alkanes of at least 4 members (excludes halogenated alkanes) is 12. The third-order valence-electron chi connectivity index (χ3n) is 4.88. The summed E-state index contributed by atoms with van der Waals surface area (Å²) in [4.78, 5) is 21.3. The highest BCUT2D eigenvalue weighted by Crippen LogP contribution is 2.13. The molecular weight excluding hydrogens is 356 g/mol. The summed E-state index contributed by atoms with van der Waals surface area (Å²) in [6.45, 7) is 4.28. The molecule has 0 saturated heterocycles. The third-order valence-corrected chi connectivity index (χ3v) is 4.88. The molecule has 0 amide bonds. The fourth-order valence-corrected chi connectivity index (χ4v) is 2.83. The van der Waals surface area contributed by atoms with E-state index in [0.717, 1.165) is 19.3 Å². The van der Waals surface area contributed by atoms with E-state index in [0.29, 0.717) is 12.1 Å². The number of allylic oxidation sites excluding steroid dienone is 1. The summed E-state index contributed by atoms with van der Waals surface area (Å²) >= 11 is 0. The minimum atomic E-state index is -0.820. The Labute approximate surface area is 170 Å². The molecule has 0 aromatic rings. The van der Waals surface area contributed by atoms with Crippen molar-refractivity contribution in [3.63, 3.8) is 0 Å². The molecule has 0 aromatic carbocycles. The maximum absolute atomic E-state index is 10.6. The van der Waals surface area contributed by atoms with E-state index in [1.54, 1.807) is 13.8 Å². The van der Waals surface area contributed by atoms with Gasteiger partial charge < -0.3 is 10.2 Å². The predicted octanol–water partition coefficient (Wildman–Crippen LogP) is 6.26. The summed E-state index contributed by atoms with van der Waals surface area (Å²) < 4.78 is 0. The van der Waals surface area contributed by atoms with Crippen LogP contribution in [0.15, 0.2) is 21.9 Å². The summed E-state index contributed by atoms with van der Waals surface area (Å²) in [6, 6.07) is 0. The molecule has 0 radical (unpaired) electrons. The predicted molar refractivity (Wildman–Crippen MR) is 113 cm³/mol. The van der Waals surface area contributed by atoms with Gasteiger partial charge in [0.05, 0.1) is 19.0 Å². The Morgan fingerprint density at radius 3 is 1.71 bits per heavy atom. The first-order valence-corrected chi connectivity index (χ1v) is 10.9. The van der Waals surface area contributed by atoms with E-state index < -0.39 is 17.9 Å². The lowest BCUT2D eigenvalue weighted by Gasteiger charge is -2.03. The number of aliphatic carboxylic acids is 2. The number of rotatable bonds is 19. The van der Waals surface area contributed by atoms with Crippen LogP contribution in [0, 0.1) is 5.92 Å². The normalized spacial score (nSPS) is 13.1. The molecule has 0 heterocycles. The van der Waals surface area contributed by atoms with Gasteiger partial charge in [-0.05, 0) is 26.2 Å². The fraction of sp³-hybridized carbons (Fsp3) is 0.818. The molecule has 2 N–H and O–H groups in total. The average Bonchev–Trinajstić information content (AvgIpc) is 2.66. The van der Waals surface area contributed by atoms with Crippen LogP contribution in [0.25, 0.3) is 0 Å². The second-order valence-electron chi connectivity index (χ2n) is 7.65. The lowest BCUT2D eigenvalue weighted by Crippen LogP contribution is -2.12. The highest BCUT2D eigenvalue weighted by molar-refractivity contribution is 5.85. The number of carboxylic acids is 2. The van der Waals surface area contributed by atoms with Crippen LogP contribution in [-0.4, -0.2) is 35.2 Å². The minimum Gasteiger partial charge on any atom is -0.481 e. The number of nitrogens with zero attached hydrogens (tertiary/aromatic N) is 2. The van der Waals surface area contributed by atoms with Crippen molar-refractivity contribution in [1.29, 1.82) is 0 Å². The van der Waals surface area contributed by atoms with Gasteiger partial charge in [0.2, 0.25) is 0 Å². The maximum Gasteiger partial charge on any atom is 0.330 e. The molecule has 162 valence electrons. The first-order valence-electron chi connectivity index (χ1n) is 10.9. The van der Waals surface area contributed by atoms with Crippen LogP contribution in [0.1, 0.15) is 97.3 Å². The zero-order valence-electron chi connectivity index (χ0n) is 17.9. The van der Waals surface area contributed by atoms with Crippen LogP contribution in [-0.2, 0) is 9.59 Å². The molecule has 0 aromatic heterocycles. The standard InChI is InChI=1S/C22H40N2O4/c1-19(21(25)26)16-14-12-10-8-6-4-3-5-7-9-11-13-15-17-23-24-18-20(2)22(27)28/h16,20H,3-15,17-18H2,1-2H3,(H,25,26)(H,27,28). The number of azo groups is 1. The van der Waals surface area contributed by atoms with E-state index in [1.165, 1.54) is 64.2 Å². The molecule has 0 aliphatic rings. The van der Waals surface area contributed by atoms with Crippen LogP contribution in [0.4, 0.5) is 0 Å². The molecule has 1 unspecified atom stereocenters. The van der Waals surface area contributed by atoms with Crippen LogP contribution >= 0.6 is 0 Å². The molecule has 0 bridgehead atoms. The summed E-state index contributed by atoms with van der Waals surface area (Å²) in [5, 5.41) is 25.4. The molecule has 0 spiro atoms. The fourth-order valence-electron chi connectivity index (χ4n) is 2.83. The van der Waals surface area contributed by atoms with Crippen molar-refractivity contribution < 1.29 is 19.8 Å². The molecule has 6 nitrogen and oxygen atoms in total. The molecule has 28 heavy (non-hydrogen) atoms. The van der Waals surface area contributed by atoms with Crippen molar-refractivity contribution >= 4 is 11.9 Å². The number of carbonyl (C=O) groups is 2. The Morgan fingerprint density at radius 1 is 0.786 bits per heavy atom. The summed E-state index contributed by atoms with van der Waals surface area (Å²) in [5.74, 6) is -2.08. The van der Waals surface area contributed by atoms with E-state index in [9.17, 15) is 9.59 Å². The van der Waals surface area contributed by atoms with Gasteiger partial charge in [0, 0.05) is 5.57 Å². The van der Waals surface area contributed by atoms with Gasteiger partial charge in [0.1, 0.15) is 0 Å². The van der Waals surface area contributed by atoms with Gasteiger partial charge in [0.15, 0.2) is 0 Å². The minimum absolute atomic E-state index is 0.275. The number of carboxylic acid groups (broad SMARTS) is 2. The van der Waals surface area contributed by atoms with Crippen LogP contribution in [0.3, 0.4) is 0 Å². The lowest BCUT2D eigenvalue weighted by molar-refractivity contribution is -0.140. The van der Waals surface area contributed by atoms with Crippen molar-refractivity contribution in [2.75, 3.05) is 13.1 Å². The molecule has 6 heteroatoms. The molecule has 0 rings (SSSR count). The molecular formula is C22H40N2O4. The van der Waals surface area contributed by atoms with Crippen LogP contribution in [0.5, 0.6) is 0 Å². The Bertz CT molecular complexity index is 475. The number of hydrogen-bond donors (Lipinski definition) is 2. The van der Waals surface area contributed by atoms with Crippen LogP contribution in [0.2, 0.25) is 0 Å². The molecule has 0 fully saturated rings. The Morgan fingerprint density at radius 2 is 1.25 bits per heavy atom. The maximum atomic E-state index is 10.6. The largest absolute Gasteiger partial charge is 0.481 e. The Kier molecular flexibility index (Phi) is 17.5. The van der Waals surface area contributed by atoms with Crippen LogP contribution < -0.4 is 0 Å². The highest BCUT2D eigenvalue weighted by atomic mass is 16.4. The quantitative estimate of drug-likeness (QED) is 0.153. The van der Waals surface area contributed by atoms with Crippen molar-refractivity contribution in [1.82, 2.24) is 0 Å². The molecule has 0 aliphatic heterocycles. The average molecular weight is 397 g/mol. The molecule has 0 aliphatic carbocycles. The van der Waals surface area contributed by atoms with Gasteiger partial charge >= 0.3 is 11.9 Å². The third kappa shape index (κ3) is 17.7.